The molecule has 0 saturated heterocycles. The van der Waals surface area contributed by atoms with Crippen molar-refractivity contribution in [3.63, 3.8) is 0 Å². The quantitative estimate of drug-likeness (QED) is 0.0711. The molecule has 244 valence electrons. The van der Waals surface area contributed by atoms with E-state index in [1.807, 2.05) is 60.7 Å². The number of anilines is 2. The second kappa shape index (κ2) is 16.0. The maximum Gasteiger partial charge on any atom is 0.328 e. The standard InChI is InChI=1S/C42H42N2O4/c1-47-42(46)40(43-39-19-9-8-18-38(39)41(45)34-14-6-3-7-15-34)28-31-20-24-37(25-21-31)48-27-11-26-44(30-32-12-4-2-5-13-32)36-23-22-33-16-10-17-35(33)29-36/h2-9,12-15,18-25,29,40,43H,10-11,16-17,26-28,30H2,1H3. The van der Waals surface area contributed by atoms with E-state index >= 15 is 0 Å². The molecular weight excluding hydrogens is 596 g/mol. The van der Waals surface area contributed by atoms with Crippen molar-refractivity contribution in [3.8, 4) is 5.75 Å². The van der Waals surface area contributed by atoms with Gasteiger partial charge in [-0.25, -0.2) is 4.79 Å². The predicted molar refractivity (Wildman–Crippen MR) is 192 cm³/mol. The first kappa shape index (κ1) is 32.6. The predicted octanol–water partition coefficient (Wildman–Crippen LogP) is 8.08. The molecule has 6 nitrogen and oxygen atoms in total. The van der Waals surface area contributed by atoms with Crippen molar-refractivity contribution < 1.29 is 19.1 Å². The summed E-state index contributed by atoms with van der Waals surface area (Å²) in [6.45, 7) is 2.33. The fourth-order valence-electron chi connectivity index (χ4n) is 6.34. The van der Waals surface area contributed by atoms with Crippen molar-refractivity contribution in [2.24, 2.45) is 0 Å². The molecule has 0 aromatic heterocycles. The molecule has 1 aliphatic rings. The lowest BCUT2D eigenvalue weighted by atomic mass is 10.00. The van der Waals surface area contributed by atoms with E-state index in [-0.39, 0.29) is 5.78 Å². The fraction of sp³-hybridized carbons (Fsp3) is 0.238. The van der Waals surface area contributed by atoms with Crippen LogP contribution >= 0.6 is 0 Å². The summed E-state index contributed by atoms with van der Waals surface area (Å²) in [6.07, 6.45) is 4.86. The number of rotatable bonds is 15. The van der Waals surface area contributed by atoms with Crippen molar-refractivity contribution in [2.75, 3.05) is 30.5 Å². The van der Waals surface area contributed by atoms with Crippen molar-refractivity contribution in [1.29, 1.82) is 0 Å². The van der Waals surface area contributed by atoms with Crippen LogP contribution in [0.25, 0.3) is 0 Å². The molecule has 0 spiro atoms. The van der Waals surface area contributed by atoms with Gasteiger partial charge in [0.15, 0.2) is 5.78 Å². The van der Waals surface area contributed by atoms with Crippen LogP contribution in [0.15, 0.2) is 127 Å². The summed E-state index contributed by atoms with van der Waals surface area (Å²) < 4.78 is 11.3. The number of carbonyl (C=O) groups excluding carboxylic acids is 2. The zero-order chi connectivity index (χ0) is 33.1. The number of ketones is 1. The lowest BCUT2D eigenvalue weighted by Crippen LogP contribution is -2.33. The molecule has 0 heterocycles. The number of benzene rings is 5. The van der Waals surface area contributed by atoms with Gasteiger partial charge in [0.1, 0.15) is 11.8 Å². The van der Waals surface area contributed by atoms with Crippen molar-refractivity contribution in [3.05, 3.63) is 161 Å². The van der Waals surface area contributed by atoms with Gasteiger partial charge in [-0.15, -0.1) is 0 Å². The minimum Gasteiger partial charge on any atom is -0.494 e. The first-order valence-electron chi connectivity index (χ1n) is 16.7. The Bertz CT molecular complexity index is 1810. The molecule has 0 fully saturated rings. The topological polar surface area (TPSA) is 67.9 Å². The van der Waals surface area contributed by atoms with Gasteiger partial charge in [0.05, 0.1) is 13.7 Å². The van der Waals surface area contributed by atoms with E-state index in [9.17, 15) is 9.59 Å². The average Bonchev–Trinajstić information content (AvgIpc) is 3.62. The van der Waals surface area contributed by atoms with Gasteiger partial charge in [-0.05, 0) is 84.3 Å². The largest absolute Gasteiger partial charge is 0.494 e. The smallest absolute Gasteiger partial charge is 0.328 e. The SMILES string of the molecule is COC(=O)C(Cc1ccc(OCCCN(Cc2ccccc2)c2ccc3c(c2)CCC3)cc1)Nc1ccccc1C(=O)c1ccccc1. The van der Waals surface area contributed by atoms with E-state index in [1.165, 1.54) is 48.8 Å². The Kier molecular flexibility index (Phi) is 10.8. The lowest BCUT2D eigenvalue weighted by molar-refractivity contribution is -0.141. The highest BCUT2D eigenvalue weighted by Crippen LogP contribution is 2.28. The number of nitrogens with one attached hydrogen (secondary N) is 1. The Hall–Kier alpha value is -5.36. The molecule has 48 heavy (non-hydrogen) atoms. The Balaban J connectivity index is 1.06. The molecule has 6 heteroatoms. The second-order valence-electron chi connectivity index (χ2n) is 12.2. The monoisotopic (exact) mass is 638 g/mol. The molecule has 0 bridgehead atoms. The number of carbonyl (C=O) groups is 2. The van der Waals surface area contributed by atoms with Gasteiger partial charge in [-0.1, -0.05) is 91.0 Å². The van der Waals surface area contributed by atoms with Crippen molar-refractivity contribution >= 4 is 23.1 Å². The fourth-order valence-corrected chi connectivity index (χ4v) is 6.34. The average molecular weight is 639 g/mol. The number of hydrogen-bond acceptors (Lipinski definition) is 6. The van der Waals surface area contributed by atoms with E-state index < -0.39 is 12.0 Å². The van der Waals surface area contributed by atoms with Gasteiger partial charge < -0.3 is 19.7 Å². The summed E-state index contributed by atoms with van der Waals surface area (Å²) in [6, 6.07) is 41.1. The maximum absolute atomic E-state index is 13.3. The number of hydrogen-bond donors (Lipinski definition) is 1. The van der Waals surface area contributed by atoms with Crippen LogP contribution in [-0.2, 0) is 35.3 Å². The van der Waals surface area contributed by atoms with E-state index in [2.05, 4.69) is 58.7 Å². The van der Waals surface area contributed by atoms with Crippen LogP contribution in [0.4, 0.5) is 11.4 Å². The molecule has 0 saturated carbocycles. The highest BCUT2D eigenvalue weighted by molar-refractivity contribution is 6.12. The van der Waals surface area contributed by atoms with Gasteiger partial charge in [-0.2, -0.15) is 0 Å². The molecule has 0 aliphatic heterocycles. The molecule has 0 radical (unpaired) electrons. The number of aryl methyl sites for hydroxylation is 2. The number of esters is 1. The van der Waals surface area contributed by atoms with Crippen LogP contribution in [0.2, 0.25) is 0 Å². The van der Waals surface area contributed by atoms with Crippen LogP contribution in [0.3, 0.4) is 0 Å². The third kappa shape index (κ3) is 8.31. The minimum atomic E-state index is -0.679. The molecule has 1 N–H and O–H groups in total. The van der Waals surface area contributed by atoms with Gasteiger partial charge in [0.25, 0.3) is 0 Å². The van der Waals surface area contributed by atoms with Crippen LogP contribution < -0.4 is 15.0 Å². The number of para-hydroxylation sites is 1. The van der Waals surface area contributed by atoms with Crippen LogP contribution in [0.5, 0.6) is 5.75 Å². The number of methoxy groups -OCH3 is 1. The summed E-state index contributed by atoms with van der Waals surface area (Å²) in [4.78, 5) is 28.5. The first-order chi connectivity index (χ1) is 23.6. The molecule has 5 aromatic carbocycles. The Morgan fingerprint density at radius 1 is 0.771 bits per heavy atom. The third-order valence-corrected chi connectivity index (χ3v) is 8.89. The highest BCUT2D eigenvalue weighted by atomic mass is 16.5. The minimum absolute atomic E-state index is 0.112. The third-order valence-electron chi connectivity index (χ3n) is 8.89. The first-order valence-corrected chi connectivity index (χ1v) is 16.7. The summed E-state index contributed by atoms with van der Waals surface area (Å²) in [5, 5.41) is 3.28. The Morgan fingerprint density at radius 3 is 2.25 bits per heavy atom. The number of ether oxygens (including phenoxy) is 2. The van der Waals surface area contributed by atoms with E-state index in [4.69, 9.17) is 9.47 Å². The molecule has 5 aromatic rings. The van der Waals surface area contributed by atoms with Crippen LogP contribution in [-0.4, -0.2) is 38.1 Å². The number of nitrogens with zero attached hydrogens (tertiary/aromatic N) is 1. The van der Waals surface area contributed by atoms with Crippen LogP contribution in [0, 0.1) is 0 Å². The van der Waals surface area contributed by atoms with Gasteiger partial charge in [0.2, 0.25) is 0 Å². The zero-order valence-electron chi connectivity index (χ0n) is 27.4. The summed E-state index contributed by atoms with van der Waals surface area (Å²) in [7, 11) is 1.38. The highest BCUT2D eigenvalue weighted by Gasteiger charge is 2.23. The normalized spacial score (nSPS) is 12.5. The van der Waals surface area contributed by atoms with E-state index in [0.29, 0.717) is 29.8 Å². The summed E-state index contributed by atoms with van der Waals surface area (Å²) in [5.74, 6) is 0.271. The van der Waals surface area contributed by atoms with Crippen molar-refractivity contribution in [1.82, 2.24) is 0 Å². The van der Waals surface area contributed by atoms with E-state index in [0.717, 1.165) is 30.8 Å². The zero-order valence-corrected chi connectivity index (χ0v) is 27.4. The Morgan fingerprint density at radius 2 is 1.48 bits per heavy atom. The van der Waals surface area contributed by atoms with Gasteiger partial charge in [0, 0.05) is 42.0 Å². The van der Waals surface area contributed by atoms with Gasteiger partial charge in [-0.3, -0.25) is 4.79 Å². The van der Waals surface area contributed by atoms with Crippen LogP contribution in [0.1, 0.15) is 51.0 Å². The second-order valence-corrected chi connectivity index (χ2v) is 12.2. The van der Waals surface area contributed by atoms with Crippen molar-refractivity contribution in [2.45, 2.75) is 44.7 Å². The molecule has 0 amide bonds. The molecular formula is C42H42N2O4. The van der Waals surface area contributed by atoms with Gasteiger partial charge >= 0.3 is 5.97 Å². The molecule has 1 unspecified atom stereocenters. The van der Waals surface area contributed by atoms with E-state index in [1.54, 1.807) is 18.2 Å². The number of fused-ring (bicyclic) bond motifs is 1. The lowest BCUT2D eigenvalue weighted by Gasteiger charge is -2.26. The molecule has 6 rings (SSSR count). The summed E-state index contributed by atoms with van der Waals surface area (Å²) in [5.41, 5.74) is 8.15. The molecule has 1 atom stereocenters. The Labute approximate surface area is 283 Å². The summed E-state index contributed by atoms with van der Waals surface area (Å²) >= 11 is 0. The molecule has 1 aliphatic carbocycles. The maximum atomic E-state index is 13.3.